The van der Waals surface area contributed by atoms with Crippen molar-refractivity contribution >= 4 is 11.6 Å². The van der Waals surface area contributed by atoms with Crippen LogP contribution in [0.25, 0.3) is 0 Å². The van der Waals surface area contributed by atoms with Gasteiger partial charge < -0.3 is 0 Å². The molecule has 0 aromatic heterocycles. The molecule has 0 amide bonds. The molecule has 0 spiro atoms. The lowest BCUT2D eigenvalue weighted by Crippen LogP contribution is -2.35. The zero-order chi connectivity index (χ0) is 13.6. The van der Waals surface area contributed by atoms with E-state index in [4.69, 9.17) is 0 Å². The van der Waals surface area contributed by atoms with Gasteiger partial charge in [-0.2, -0.15) is 0 Å². The van der Waals surface area contributed by atoms with Crippen LogP contribution >= 0.6 is 0 Å². The molecule has 0 aliphatic heterocycles. The molecule has 0 saturated carbocycles. The highest BCUT2D eigenvalue weighted by atomic mass is 16.1. The predicted molar refractivity (Wildman–Crippen MR) is 74.4 cm³/mol. The Balaban J connectivity index is 2.78. The minimum Gasteiger partial charge on any atom is -0.300 e. The van der Waals surface area contributed by atoms with Gasteiger partial charge in [0.2, 0.25) is 0 Å². The second-order valence-electron chi connectivity index (χ2n) is 5.43. The number of hydrogen-bond donors (Lipinski definition) is 0. The summed E-state index contributed by atoms with van der Waals surface area (Å²) in [6, 6.07) is 0. The van der Waals surface area contributed by atoms with E-state index in [1.54, 1.807) is 12.2 Å². The van der Waals surface area contributed by atoms with Gasteiger partial charge in [-0.25, -0.2) is 0 Å². The molecule has 0 heterocycles. The number of rotatable bonds is 7. The summed E-state index contributed by atoms with van der Waals surface area (Å²) in [4.78, 5) is 24.2. The van der Waals surface area contributed by atoms with E-state index < -0.39 is 5.41 Å². The lowest BCUT2D eigenvalue weighted by atomic mass is 9.68. The third-order valence-electron chi connectivity index (χ3n) is 3.79. The zero-order valence-corrected chi connectivity index (χ0v) is 11.6. The van der Waals surface area contributed by atoms with Crippen LogP contribution in [0, 0.1) is 5.41 Å². The average Bonchev–Trinajstić information content (AvgIpc) is 2.32. The lowest BCUT2D eigenvalue weighted by Gasteiger charge is -2.34. The molecule has 0 N–H and O–H groups in total. The summed E-state index contributed by atoms with van der Waals surface area (Å²) in [7, 11) is 0. The fourth-order valence-corrected chi connectivity index (χ4v) is 2.73. The van der Waals surface area contributed by atoms with Gasteiger partial charge in [-0.1, -0.05) is 25.0 Å². The fraction of sp³-hybridized carbons (Fsp3) is 0.625. The van der Waals surface area contributed by atoms with E-state index >= 15 is 0 Å². The Hall–Kier alpha value is -1.18. The number of carbonyl (C=O) groups is 2. The quantitative estimate of drug-likeness (QED) is 0.638. The largest absolute Gasteiger partial charge is 0.300 e. The van der Waals surface area contributed by atoms with Crippen LogP contribution in [0.1, 0.15) is 58.8 Å². The van der Waals surface area contributed by atoms with Gasteiger partial charge in [-0.15, -0.1) is 6.58 Å². The molecule has 2 heteroatoms. The van der Waals surface area contributed by atoms with Crippen molar-refractivity contribution in [1.82, 2.24) is 0 Å². The van der Waals surface area contributed by atoms with Crippen LogP contribution < -0.4 is 0 Å². The molecule has 0 aromatic carbocycles. The van der Waals surface area contributed by atoms with Crippen molar-refractivity contribution < 1.29 is 9.59 Å². The lowest BCUT2D eigenvalue weighted by molar-refractivity contribution is -0.132. The molecular formula is C16H24O2. The Bertz CT molecular complexity index is 365. The minimum atomic E-state index is -0.410. The van der Waals surface area contributed by atoms with E-state index in [2.05, 4.69) is 13.5 Å². The molecule has 18 heavy (non-hydrogen) atoms. The zero-order valence-electron chi connectivity index (χ0n) is 11.6. The Labute approximate surface area is 110 Å². The molecule has 2 nitrogen and oxygen atoms in total. The molecule has 0 fully saturated rings. The third-order valence-corrected chi connectivity index (χ3v) is 3.79. The van der Waals surface area contributed by atoms with E-state index in [9.17, 15) is 9.59 Å². The van der Waals surface area contributed by atoms with Gasteiger partial charge in [0.15, 0.2) is 5.78 Å². The van der Waals surface area contributed by atoms with Crippen LogP contribution in [0.15, 0.2) is 24.3 Å². The molecule has 0 radical (unpaired) electrons. The van der Waals surface area contributed by atoms with Crippen molar-refractivity contribution in [2.24, 2.45) is 5.41 Å². The van der Waals surface area contributed by atoms with Crippen LogP contribution in [0.3, 0.4) is 0 Å². The van der Waals surface area contributed by atoms with Gasteiger partial charge in [-0.3, -0.25) is 9.59 Å². The van der Waals surface area contributed by atoms with Crippen LogP contribution in [0.4, 0.5) is 0 Å². The molecule has 1 aliphatic rings. The van der Waals surface area contributed by atoms with Gasteiger partial charge in [0.25, 0.3) is 0 Å². The van der Waals surface area contributed by atoms with E-state index in [-0.39, 0.29) is 11.6 Å². The van der Waals surface area contributed by atoms with Crippen LogP contribution in [-0.2, 0) is 9.59 Å². The molecule has 100 valence electrons. The molecule has 0 aromatic rings. The fourth-order valence-electron chi connectivity index (χ4n) is 2.73. The summed E-state index contributed by atoms with van der Waals surface area (Å²) >= 11 is 0. The number of hydrogen-bond acceptors (Lipinski definition) is 2. The normalized spacial score (nSPS) is 23.7. The van der Waals surface area contributed by atoms with E-state index in [0.717, 1.165) is 31.3 Å². The van der Waals surface area contributed by atoms with Crippen molar-refractivity contribution in [3.8, 4) is 0 Å². The first-order valence-electron chi connectivity index (χ1n) is 6.88. The second-order valence-corrected chi connectivity index (χ2v) is 5.43. The topological polar surface area (TPSA) is 34.1 Å². The average molecular weight is 248 g/mol. The highest BCUT2D eigenvalue weighted by Gasteiger charge is 2.39. The van der Waals surface area contributed by atoms with Crippen molar-refractivity contribution in [3.63, 3.8) is 0 Å². The molecular weight excluding hydrogens is 224 g/mol. The number of allylic oxidation sites excluding steroid dienone is 3. The molecule has 1 unspecified atom stereocenters. The third kappa shape index (κ3) is 3.66. The molecule has 1 rings (SSSR count). The smallest absolute Gasteiger partial charge is 0.162 e. The van der Waals surface area contributed by atoms with Crippen molar-refractivity contribution in [2.45, 2.75) is 58.8 Å². The minimum absolute atomic E-state index is 0.167. The van der Waals surface area contributed by atoms with E-state index in [1.807, 2.05) is 6.92 Å². The summed E-state index contributed by atoms with van der Waals surface area (Å²) in [6.07, 6.45) is 8.72. The SMILES string of the molecule is C=CCCC(=O)CC1(CCC)CCC(C)=CC1=O. The van der Waals surface area contributed by atoms with E-state index in [0.29, 0.717) is 19.3 Å². The maximum atomic E-state index is 12.3. The standard InChI is InChI=1S/C16H24O2/c1-4-6-7-14(17)12-16(9-5-2)10-8-13(3)11-15(16)18/h4,11H,1,5-10,12H2,2-3H3. The highest BCUT2D eigenvalue weighted by Crippen LogP contribution is 2.40. The van der Waals surface area contributed by atoms with Gasteiger partial charge in [-0.05, 0) is 38.7 Å². The number of carbonyl (C=O) groups excluding carboxylic acids is 2. The Morgan fingerprint density at radius 2 is 2.28 bits per heavy atom. The summed E-state index contributed by atoms with van der Waals surface area (Å²) in [5.41, 5.74) is 0.734. The van der Waals surface area contributed by atoms with Gasteiger partial charge in [0.1, 0.15) is 5.78 Å². The number of ketones is 2. The van der Waals surface area contributed by atoms with E-state index in [1.165, 1.54) is 0 Å². The molecule has 1 aliphatic carbocycles. The van der Waals surface area contributed by atoms with Crippen molar-refractivity contribution in [3.05, 3.63) is 24.3 Å². The maximum Gasteiger partial charge on any atom is 0.162 e. The summed E-state index contributed by atoms with van der Waals surface area (Å²) < 4.78 is 0. The Morgan fingerprint density at radius 1 is 1.56 bits per heavy atom. The highest BCUT2D eigenvalue weighted by molar-refractivity contribution is 5.99. The monoisotopic (exact) mass is 248 g/mol. The first-order valence-corrected chi connectivity index (χ1v) is 6.88. The predicted octanol–water partition coefficient (Wildman–Crippen LogP) is 4.01. The van der Waals surface area contributed by atoms with Crippen LogP contribution in [0.2, 0.25) is 0 Å². The Morgan fingerprint density at radius 3 is 2.83 bits per heavy atom. The second kappa shape index (κ2) is 6.67. The Kier molecular flexibility index (Phi) is 5.52. The first kappa shape index (κ1) is 14.9. The molecule has 1 atom stereocenters. The van der Waals surface area contributed by atoms with Gasteiger partial charge in [0.05, 0.1) is 0 Å². The van der Waals surface area contributed by atoms with Gasteiger partial charge in [0, 0.05) is 18.3 Å². The van der Waals surface area contributed by atoms with Crippen molar-refractivity contribution in [2.75, 3.05) is 0 Å². The summed E-state index contributed by atoms with van der Waals surface area (Å²) in [5.74, 6) is 0.365. The summed E-state index contributed by atoms with van der Waals surface area (Å²) in [5, 5.41) is 0. The maximum absolute atomic E-state index is 12.3. The van der Waals surface area contributed by atoms with Crippen molar-refractivity contribution in [1.29, 1.82) is 0 Å². The van der Waals surface area contributed by atoms with Crippen LogP contribution in [-0.4, -0.2) is 11.6 Å². The summed E-state index contributed by atoms with van der Waals surface area (Å²) in [6.45, 7) is 7.70. The number of Topliss-reactive ketones (excluding diaryl/α,β-unsaturated/α-hetero) is 1. The molecule has 0 saturated heterocycles. The molecule has 0 bridgehead atoms. The van der Waals surface area contributed by atoms with Gasteiger partial charge >= 0.3 is 0 Å². The first-order chi connectivity index (χ1) is 8.54. The van der Waals surface area contributed by atoms with Crippen LogP contribution in [0.5, 0.6) is 0 Å².